The molecule has 1 atom stereocenters. The molecule has 90 valence electrons. The first-order valence-corrected chi connectivity index (χ1v) is 6.19. The lowest BCUT2D eigenvalue weighted by atomic mass is 10.1. The van der Waals surface area contributed by atoms with Crippen molar-refractivity contribution in [3.05, 3.63) is 23.8 Å². The van der Waals surface area contributed by atoms with Crippen LogP contribution in [0.5, 0.6) is 0 Å². The van der Waals surface area contributed by atoms with Gasteiger partial charge in [-0.1, -0.05) is 19.9 Å². The molecular formula is C14H18N2O. The number of hydrogen-bond acceptors (Lipinski definition) is 2. The van der Waals surface area contributed by atoms with E-state index in [1.807, 2.05) is 23.1 Å². The number of carbonyl (C=O) groups excluding carboxylic acids is 1. The van der Waals surface area contributed by atoms with Crippen LogP contribution in [0.1, 0.15) is 25.8 Å². The van der Waals surface area contributed by atoms with Crippen molar-refractivity contribution in [1.82, 2.24) is 0 Å². The van der Waals surface area contributed by atoms with Gasteiger partial charge in [0, 0.05) is 29.4 Å². The predicted octanol–water partition coefficient (Wildman–Crippen LogP) is 2.20. The average molecular weight is 230 g/mol. The molecule has 1 aromatic rings. The smallest absolute Gasteiger partial charge is 0.230 e. The van der Waals surface area contributed by atoms with Crippen molar-refractivity contribution in [2.75, 3.05) is 17.2 Å². The predicted molar refractivity (Wildman–Crippen MR) is 68.8 cm³/mol. The lowest BCUT2D eigenvalue weighted by Crippen LogP contribution is -2.31. The number of nitrogen functional groups attached to an aromatic ring is 1. The summed E-state index contributed by atoms with van der Waals surface area (Å²) >= 11 is 0. The average Bonchev–Trinajstić information content (AvgIpc) is 2.74. The highest BCUT2D eigenvalue weighted by Gasteiger charge is 2.52. The van der Waals surface area contributed by atoms with E-state index >= 15 is 0 Å². The molecule has 1 unspecified atom stereocenters. The van der Waals surface area contributed by atoms with E-state index in [0.717, 1.165) is 36.3 Å². The van der Waals surface area contributed by atoms with Crippen LogP contribution in [0.2, 0.25) is 0 Å². The van der Waals surface area contributed by atoms with Crippen LogP contribution in [-0.4, -0.2) is 12.5 Å². The number of amides is 1. The summed E-state index contributed by atoms with van der Waals surface area (Å²) in [7, 11) is 0. The minimum atomic E-state index is 0.195. The van der Waals surface area contributed by atoms with Crippen molar-refractivity contribution in [3.63, 3.8) is 0 Å². The summed E-state index contributed by atoms with van der Waals surface area (Å²) in [5, 5.41) is 0. The van der Waals surface area contributed by atoms with E-state index in [1.165, 1.54) is 0 Å². The molecule has 1 aliphatic heterocycles. The summed E-state index contributed by atoms with van der Waals surface area (Å²) in [4.78, 5) is 14.3. The number of carbonyl (C=O) groups is 1. The fourth-order valence-corrected chi connectivity index (χ4v) is 2.77. The van der Waals surface area contributed by atoms with Gasteiger partial charge in [0.05, 0.1) is 0 Å². The van der Waals surface area contributed by atoms with E-state index in [-0.39, 0.29) is 17.2 Å². The van der Waals surface area contributed by atoms with Crippen molar-refractivity contribution >= 4 is 17.3 Å². The standard InChI is InChI=1S/C14H18N2O/c1-14(2)8-10(14)13(17)16-7-6-9-11(15)4-3-5-12(9)16/h3-5,10H,6-8,15H2,1-2H3. The fraction of sp³-hybridized carbons (Fsp3) is 0.500. The number of rotatable bonds is 1. The van der Waals surface area contributed by atoms with Crippen LogP contribution < -0.4 is 10.6 Å². The highest BCUT2D eigenvalue weighted by molar-refractivity contribution is 5.99. The molecule has 3 nitrogen and oxygen atoms in total. The second-order valence-electron chi connectivity index (χ2n) is 5.83. The van der Waals surface area contributed by atoms with Crippen LogP contribution in [0, 0.1) is 11.3 Å². The molecule has 1 heterocycles. The van der Waals surface area contributed by atoms with Gasteiger partial charge in [0.15, 0.2) is 0 Å². The van der Waals surface area contributed by atoms with E-state index in [2.05, 4.69) is 13.8 Å². The lowest BCUT2D eigenvalue weighted by Gasteiger charge is -2.18. The van der Waals surface area contributed by atoms with Crippen LogP contribution in [0.3, 0.4) is 0 Å². The number of hydrogen-bond donors (Lipinski definition) is 1. The Balaban J connectivity index is 1.90. The summed E-state index contributed by atoms with van der Waals surface area (Å²) in [6.07, 6.45) is 1.90. The Hall–Kier alpha value is -1.51. The van der Waals surface area contributed by atoms with Crippen LogP contribution in [0.15, 0.2) is 18.2 Å². The SMILES string of the molecule is CC1(C)CC1C(=O)N1CCc2c(N)cccc21. The molecule has 3 rings (SSSR count). The number of nitrogens with zero attached hydrogens (tertiary/aromatic N) is 1. The van der Waals surface area contributed by atoms with Gasteiger partial charge in [0.25, 0.3) is 0 Å². The molecule has 2 aliphatic rings. The van der Waals surface area contributed by atoms with Crippen molar-refractivity contribution in [2.24, 2.45) is 11.3 Å². The Bertz CT molecular complexity index is 493. The largest absolute Gasteiger partial charge is 0.398 e. The molecule has 0 spiro atoms. The van der Waals surface area contributed by atoms with Gasteiger partial charge in [-0.3, -0.25) is 4.79 Å². The van der Waals surface area contributed by atoms with Crippen LogP contribution in [-0.2, 0) is 11.2 Å². The quantitative estimate of drug-likeness (QED) is 0.752. The molecule has 1 amide bonds. The normalized spacial score (nSPS) is 24.6. The molecule has 2 N–H and O–H groups in total. The first-order chi connectivity index (χ1) is 8.00. The molecule has 0 bridgehead atoms. The molecule has 17 heavy (non-hydrogen) atoms. The molecule has 1 aliphatic carbocycles. The van der Waals surface area contributed by atoms with Gasteiger partial charge in [0.2, 0.25) is 5.91 Å². The van der Waals surface area contributed by atoms with Crippen LogP contribution in [0.25, 0.3) is 0 Å². The molecule has 0 saturated heterocycles. The monoisotopic (exact) mass is 230 g/mol. The zero-order valence-electron chi connectivity index (χ0n) is 10.4. The molecule has 3 heteroatoms. The summed E-state index contributed by atoms with van der Waals surface area (Å²) in [5.74, 6) is 0.481. The Labute approximate surface area is 102 Å². The summed E-state index contributed by atoms with van der Waals surface area (Å²) in [6, 6.07) is 5.84. The second kappa shape index (κ2) is 3.25. The third kappa shape index (κ3) is 1.53. The Kier molecular flexibility index (Phi) is 2.03. The van der Waals surface area contributed by atoms with Gasteiger partial charge in [-0.05, 0) is 30.4 Å². The fourth-order valence-electron chi connectivity index (χ4n) is 2.77. The molecule has 1 saturated carbocycles. The Morgan fingerprint density at radius 3 is 2.82 bits per heavy atom. The zero-order chi connectivity index (χ0) is 12.2. The first-order valence-electron chi connectivity index (χ1n) is 6.19. The molecule has 1 aromatic carbocycles. The van der Waals surface area contributed by atoms with Gasteiger partial charge in [-0.25, -0.2) is 0 Å². The van der Waals surface area contributed by atoms with E-state index in [1.54, 1.807) is 0 Å². The van der Waals surface area contributed by atoms with Crippen molar-refractivity contribution < 1.29 is 4.79 Å². The van der Waals surface area contributed by atoms with Crippen molar-refractivity contribution in [3.8, 4) is 0 Å². The Morgan fingerprint density at radius 1 is 1.47 bits per heavy atom. The first kappa shape index (κ1) is 10.6. The Morgan fingerprint density at radius 2 is 2.18 bits per heavy atom. The zero-order valence-corrected chi connectivity index (χ0v) is 10.4. The third-order valence-electron chi connectivity index (χ3n) is 4.14. The maximum atomic E-state index is 12.4. The highest BCUT2D eigenvalue weighted by Crippen LogP contribution is 2.53. The van der Waals surface area contributed by atoms with Gasteiger partial charge >= 0.3 is 0 Å². The minimum absolute atomic E-state index is 0.195. The van der Waals surface area contributed by atoms with Gasteiger partial charge in [-0.15, -0.1) is 0 Å². The van der Waals surface area contributed by atoms with E-state index in [4.69, 9.17) is 5.73 Å². The van der Waals surface area contributed by atoms with E-state index in [9.17, 15) is 4.79 Å². The molecule has 0 aromatic heterocycles. The van der Waals surface area contributed by atoms with Crippen LogP contribution in [0.4, 0.5) is 11.4 Å². The maximum Gasteiger partial charge on any atom is 0.230 e. The summed E-state index contributed by atoms with van der Waals surface area (Å²) in [6.45, 7) is 5.10. The maximum absolute atomic E-state index is 12.4. The number of benzene rings is 1. The van der Waals surface area contributed by atoms with E-state index in [0.29, 0.717) is 0 Å². The van der Waals surface area contributed by atoms with Gasteiger partial charge < -0.3 is 10.6 Å². The summed E-state index contributed by atoms with van der Waals surface area (Å²) in [5.41, 5.74) is 9.11. The second-order valence-corrected chi connectivity index (χ2v) is 5.83. The topological polar surface area (TPSA) is 46.3 Å². The van der Waals surface area contributed by atoms with E-state index < -0.39 is 0 Å². The van der Waals surface area contributed by atoms with Crippen molar-refractivity contribution in [2.45, 2.75) is 26.7 Å². The van der Waals surface area contributed by atoms with Crippen LogP contribution >= 0.6 is 0 Å². The number of anilines is 2. The number of fused-ring (bicyclic) bond motifs is 1. The molecule has 0 radical (unpaired) electrons. The van der Waals surface area contributed by atoms with Crippen molar-refractivity contribution in [1.29, 1.82) is 0 Å². The molecule has 1 fully saturated rings. The lowest BCUT2D eigenvalue weighted by molar-refractivity contribution is -0.120. The number of nitrogens with two attached hydrogens (primary N) is 1. The summed E-state index contributed by atoms with van der Waals surface area (Å²) < 4.78 is 0. The molecular weight excluding hydrogens is 212 g/mol. The highest BCUT2D eigenvalue weighted by atomic mass is 16.2. The van der Waals surface area contributed by atoms with Gasteiger partial charge in [0.1, 0.15) is 0 Å². The third-order valence-corrected chi connectivity index (χ3v) is 4.14. The minimum Gasteiger partial charge on any atom is -0.398 e. The van der Waals surface area contributed by atoms with Gasteiger partial charge in [-0.2, -0.15) is 0 Å².